The predicted molar refractivity (Wildman–Crippen MR) is 62.6 cm³/mol. The molecule has 2 aromatic carbocycles. The van der Waals surface area contributed by atoms with Crippen molar-refractivity contribution in [3.8, 4) is 0 Å². The Balaban J connectivity index is 2.59. The smallest absolute Gasteiger partial charge is 0.0153 e. The average molecular weight is 203 g/mol. The van der Waals surface area contributed by atoms with Crippen LogP contribution in [0.1, 0.15) is 5.56 Å². The van der Waals surface area contributed by atoms with E-state index in [4.69, 9.17) is 11.6 Å². The van der Waals surface area contributed by atoms with Gasteiger partial charge in [-0.05, 0) is 16.3 Å². The lowest BCUT2D eigenvalue weighted by Crippen LogP contribution is -1.85. The summed E-state index contributed by atoms with van der Waals surface area (Å²) in [6.45, 7) is 3.72. The number of rotatable bonds is 2. The number of benzene rings is 2. The van der Waals surface area contributed by atoms with E-state index in [0.717, 1.165) is 6.42 Å². The Hall–Kier alpha value is -1.27. The maximum atomic E-state index is 5.82. The molecule has 0 N–H and O–H groups in total. The molecule has 0 saturated heterocycles. The minimum atomic E-state index is 0.682. The minimum absolute atomic E-state index is 0.682. The van der Waals surface area contributed by atoms with Crippen LogP contribution in [0.15, 0.2) is 54.1 Å². The van der Waals surface area contributed by atoms with Crippen LogP contribution >= 0.6 is 11.6 Å². The quantitative estimate of drug-likeness (QED) is 0.687. The fourth-order valence-corrected chi connectivity index (χ4v) is 1.80. The van der Waals surface area contributed by atoms with E-state index < -0.39 is 0 Å². The van der Waals surface area contributed by atoms with Crippen LogP contribution in [0.5, 0.6) is 0 Å². The van der Waals surface area contributed by atoms with Crippen molar-refractivity contribution in [2.45, 2.75) is 6.42 Å². The van der Waals surface area contributed by atoms with Crippen LogP contribution in [0.25, 0.3) is 10.8 Å². The van der Waals surface area contributed by atoms with Gasteiger partial charge in [0.15, 0.2) is 0 Å². The van der Waals surface area contributed by atoms with Crippen LogP contribution in [-0.2, 0) is 6.42 Å². The highest BCUT2D eigenvalue weighted by Crippen LogP contribution is 2.21. The van der Waals surface area contributed by atoms with Crippen molar-refractivity contribution >= 4 is 22.4 Å². The third-order valence-corrected chi connectivity index (χ3v) is 2.40. The van der Waals surface area contributed by atoms with E-state index in [1.807, 2.05) is 12.1 Å². The summed E-state index contributed by atoms with van der Waals surface area (Å²) in [5.41, 5.74) is 1.24. The molecular weight excluding hydrogens is 192 g/mol. The Bertz CT molecular complexity index is 466. The lowest BCUT2D eigenvalue weighted by Gasteiger charge is -2.04. The van der Waals surface area contributed by atoms with Gasteiger partial charge in [0.2, 0.25) is 0 Å². The van der Waals surface area contributed by atoms with Gasteiger partial charge in [-0.2, -0.15) is 0 Å². The van der Waals surface area contributed by atoms with Crippen molar-refractivity contribution in [1.82, 2.24) is 0 Å². The molecule has 0 aromatic heterocycles. The van der Waals surface area contributed by atoms with Gasteiger partial charge in [0.05, 0.1) is 0 Å². The zero-order valence-electron chi connectivity index (χ0n) is 7.83. The van der Waals surface area contributed by atoms with Crippen LogP contribution in [0, 0.1) is 0 Å². The molecule has 0 fully saturated rings. The van der Waals surface area contributed by atoms with Crippen LogP contribution < -0.4 is 0 Å². The van der Waals surface area contributed by atoms with Gasteiger partial charge < -0.3 is 0 Å². The molecular formula is C13H11Cl. The van der Waals surface area contributed by atoms with Gasteiger partial charge in [-0.15, -0.1) is 0 Å². The summed E-state index contributed by atoms with van der Waals surface area (Å²) in [5.74, 6) is 0. The van der Waals surface area contributed by atoms with Gasteiger partial charge in [0, 0.05) is 11.5 Å². The third kappa shape index (κ3) is 1.80. The normalized spacial score (nSPS) is 10.4. The summed E-state index contributed by atoms with van der Waals surface area (Å²) in [5, 5.41) is 3.20. The second kappa shape index (κ2) is 3.85. The standard InChI is InChI=1S/C13H11Cl/c1-10(14)9-12-7-4-6-11-5-2-3-8-13(11)12/h2-8H,1,9H2. The number of fused-ring (bicyclic) bond motifs is 1. The van der Waals surface area contributed by atoms with Crippen molar-refractivity contribution in [3.05, 3.63) is 59.6 Å². The first-order chi connectivity index (χ1) is 6.77. The van der Waals surface area contributed by atoms with Crippen molar-refractivity contribution in [2.24, 2.45) is 0 Å². The maximum absolute atomic E-state index is 5.82. The number of allylic oxidation sites excluding steroid dienone is 1. The molecule has 0 aliphatic heterocycles. The Morgan fingerprint density at radius 2 is 1.79 bits per heavy atom. The summed E-state index contributed by atoms with van der Waals surface area (Å²) in [6, 6.07) is 14.6. The van der Waals surface area contributed by atoms with Gasteiger partial charge in [-0.1, -0.05) is 60.6 Å². The maximum Gasteiger partial charge on any atom is 0.0153 e. The number of hydrogen-bond donors (Lipinski definition) is 0. The monoisotopic (exact) mass is 202 g/mol. The molecule has 0 amide bonds. The Morgan fingerprint density at radius 1 is 1.07 bits per heavy atom. The highest BCUT2D eigenvalue weighted by molar-refractivity contribution is 6.29. The molecule has 0 atom stereocenters. The van der Waals surface area contributed by atoms with Gasteiger partial charge >= 0.3 is 0 Å². The molecule has 0 unspecified atom stereocenters. The zero-order chi connectivity index (χ0) is 9.97. The zero-order valence-corrected chi connectivity index (χ0v) is 8.59. The molecule has 70 valence electrons. The molecule has 14 heavy (non-hydrogen) atoms. The van der Waals surface area contributed by atoms with E-state index in [2.05, 4.69) is 36.9 Å². The molecule has 2 rings (SSSR count). The molecule has 0 bridgehead atoms. The van der Waals surface area contributed by atoms with Crippen LogP contribution in [0.2, 0.25) is 0 Å². The Kier molecular flexibility index (Phi) is 2.55. The van der Waals surface area contributed by atoms with E-state index >= 15 is 0 Å². The lowest BCUT2D eigenvalue weighted by atomic mass is 10.0. The largest absolute Gasteiger partial charge is 0.0894 e. The average Bonchev–Trinajstić information content (AvgIpc) is 2.18. The van der Waals surface area contributed by atoms with Gasteiger partial charge in [0.25, 0.3) is 0 Å². The van der Waals surface area contributed by atoms with Crippen molar-refractivity contribution < 1.29 is 0 Å². The van der Waals surface area contributed by atoms with Crippen LogP contribution in [0.3, 0.4) is 0 Å². The molecule has 0 spiro atoms. The third-order valence-electron chi connectivity index (χ3n) is 2.26. The molecule has 0 nitrogen and oxygen atoms in total. The van der Waals surface area contributed by atoms with E-state index in [0.29, 0.717) is 5.03 Å². The lowest BCUT2D eigenvalue weighted by molar-refractivity contribution is 1.28. The second-order valence-electron chi connectivity index (χ2n) is 3.33. The summed E-state index contributed by atoms with van der Waals surface area (Å²) >= 11 is 5.82. The van der Waals surface area contributed by atoms with Crippen molar-refractivity contribution in [2.75, 3.05) is 0 Å². The van der Waals surface area contributed by atoms with Crippen LogP contribution in [-0.4, -0.2) is 0 Å². The van der Waals surface area contributed by atoms with Crippen molar-refractivity contribution in [1.29, 1.82) is 0 Å². The molecule has 0 radical (unpaired) electrons. The first kappa shape index (κ1) is 9.29. The predicted octanol–water partition coefficient (Wildman–Crippen LogP) is 4.13. The van der Waals surface area contributed by atoms with Crippen molar-refractivity contribution in [3.63, 3.8) is 0 Å². The highest BCUT2D eigenvalue weighted by Gasteiger charge is 2.00. The summed E-state index contributed by atoms with van der Waals surface area (Å²) in [4.78, 5) is 0. The first-order valence-corrected chi connectivity index (χ1v) is 4.95. The van der Waals surface area contributed by atoms with E-state index in [1.165, 1.54) is 16.3 Å². The first-order valence-electron chi connectivity index (χ1n) is 4.57. The van der Waals surface area contributed by atoms with Gasteiger partial charge in [-0.25, -0.2) is 0 Å². The SMILES string of the molecule is C=C(Cl)Cc1cccc2ccccc12. The van der Waals surface area contributed by atoms with E-state index in [-0.39, 0.29) is 0 Å². The Morgan fingerprint density at radius 3 is 2.57 bits per heavy atom. The molecule has 0 aliphatic rings. The summed E-state index contributed by atoms with van der Waals surface area (Å²) < 4.78 is 0. The highest BCUT2D eigenvalue weighted by atomic mass is 35.5. The minimum Gasteiger partial charge on any atom is -0.0894 e. The fraction of sp³-hybridized carbons (Fsp3) is 0.0769. The van der Waals surface area contributed by atoms with Crippen LogP contribution in [0.4, 0.5) is 0 Å². The van der Waals surface area contributed by atoms with Gasteiger partial charge in [-0.3, -0.25) is 0 Å². The fourth-order valence-electron chi connectivity index (χ4n) is 1.65. The Labute approximate surface area is 88.8 Å². The summed E-state index contributed by atoms with van der Waals surface area (Å²) in [7, 11) is 0. The topological polar surface area (TPSA) is 0 Å². The van der Waals surface area contributed by atoms with Gasteiger partial charge in [0.1, 0.15) is 0 Å². The summed E-state index contributed by atoms with van der Waals surface area (Å²) in [6.07, 6.45) is 0.739. The number of halogens is 1. The molecule has 0 saturated carbocycles. The molecule has 2 aromatic rings. The number of hydrogen-bond acceptors (Lipinski definition) is 0. The second-order valence-corrected chi connectivity index (χ2v) is 3.87. The molecule has 0 aliphatic carbocycles. The molecule has 1 heteroatoms. The molecule has 0 heterocycles. The van der Waals surface area contributed by atoms with E-state index in [1.54, 1.807) is 0 Å². The van der Waals surface area contributed by atoms with E-state index in [9.17, 15) is 0 Å².